The molecule has 5 nitrogen and oxygen atoms in total. The second kappa shape index (κ2) is 9.62. The number of carbonyl (C=O) groups is 1. The van der Waals surface area contributed by atoms with Crippen LogP contribution in [0.25, 0.3) is 23.0 Å². The maximum atomic E-state index is 13.1. The summed E-state index contributed by atoms with van der Waals surface area (Å²) < 4.78 is 21.1. The van der Waals surface area contributed by atoms with Gasteiger partial charge in [0.15, 0.2) is 0 Å². The fourth-order valence-corrected chi connectivity index (χ4v) is 4.48. The molecular weight excluding hydrogens is 469 g/mol. The lowest BCUT2D eigenvalue weighted by Gasteiger charge is -2.07. The Morgan fingerprint density at radius 2 is 1.76 bits per heavy atom. The number of para-hydroxylation sites is 1. The highest BCUT2D eigenvalue weighted by Gasteiger charge is 2.23. The molecule has 0 saturated carbocycles. The van der Waals surface area contributed by atoms with Crippen LogP contribution in [0.5, 0.6) is 5.75 Å². The summed E-state index contributed by atoms with van der Waals surface area (Å²) in [6.45, 7) is 0.339. The summed E-state index contributed by atoms with van der Waals surface area (Å²) in [6.07, 6.45) is 3.70. The molecular formula is C26H18FN3O2S2. The highest BCUT2D eigenvalue weighted by atomic mass is 32.2. The molecule has 1 aliphatic heterocycles. The van der Waals surface area contributed by atoms with Crippen LogP contribution >= 0.6 is 24.0 Å². The summed E-state index contributed by atoms with van der Waals surface area (Å²) in [6, 6.07) is 23.6. The lowest BCUT2D eigenvalue weighted by molar-refractivity contribution is -0.115. The van der Waals surface area contributed by atoms with Crippen molar-refractivity contribution in [2.45, 2.75) is 6.61 Å². The summed E-state index contributed by atoms with van der Waals surface area (Å²) in [4.78, 5) is 12.7. The van der Waals surface area contributed by atoms with Crippen molar-refractivity contribution in [1.82, 2.24) is 15.1 Å². The van der Waals surface area contributed by atoms with E-state index in [-0.39, 0.29) is 11.7 Å². The number of nitrogens with zero attached hydrogens (tertiary/aromatic N) is 2. The average Bonchev–Trinajstić information content (AvgIpc) is 3.42. The van der Waals surface area contributed by atoms with Crippen LogP contribution in [0.15, 0.2) is 90.0 Å². The minimum absolute atomic E-state index is 0.210. The van der Waals surface area contributed by atoms with Gasteiger partial charge >= 0.3 is 0 Å². The van der Waals surface area contributed by atoms with Gasteiger partial charge in [0.05, 0.1) is 16.3 Å². The average molecular weight is 488 g/mol. The first-order chi connectivity index (χ1) is 16.5. The van der Waals surface area contributed by atoms with Crippen LogP contribution in [0.2, 0.25) is 0 Å². The molecule has 1 amide bonds. The topological polar surface area (TPSA) is 56.2 Å². The largest absolute Gasteiger partial charge is 0.489 e. The first-order valence-corrected chi connectivity index (χ1v) is 11.7. The van der Waals surface area contributed by atoms with Crippen LogP contribution in [-0.4, -0.2) is 20.0 Å². The molecule has 0 unspecified atom stereocenters. The highest BCUT2D eigenvalue weighted by molar-refractivity contribution is 8.26. The number of benzene rings is 3. The number of aromatic nitrogens is 2. The van der Waals surface area contributed by atoms with Gasteiger partial charge in [-0.2, -0.15) is 5.10 Å². The summed E-state index contributed by atoms with van der Waals surface area (Å²) in [5.74, 6) is 0.202. The third-order valence-electron chi connectivity index (χ3n) is 5.14. The van der Waals surface area contributed by atoms with E-state index in [1.807, 2.05) is 60.8 Å². The number of amides is 1. The van der Waals surface area contributed by atoms with Crippen molar-refractivity contribution >= 4 is 40.3 Å². The number of carbonyl (C=O) groups excluding carboxylic acids is 1. The summed E-state index contributed by atoms with van der Waals surface area (Å²) in [5.41, 5.74) is 4.19. The van der Waals surface area contributed by atoms with Crippen molar-refractivity contribution in [1.29, 1.82) is 0 Å². The van der Waals surface area contributed by atoms with Crippen molar-refractivity contribution in [2.75, 3.05) is 0 Å². The Morgan fingerprint density at radius 1 is 1.03 bits per heavy atom. The monoisotopic (exact) mass is 487 g/mol. The molecule has 1 fully saturated rings. The van der Waals surface area contributed by atoms with Crippen LogP contribution in [0.1, 0.15) is 11.1 Å². The molecule has 1 saturated heterocycles. The second-order valence-electron chi connectivity index (χ2n) is 7.50. The van der Waals surface area contributed by atoms with Crippen molar-refractivity contribution in [3.63, 3.8) is 0 Å². The van der Waals surface area contributed by atoms with Gasteiger partial charge in [0.1, 0.15) is 22.5 Å². The van der Waals surface area contributed by atoms with Crippen molar-refractivity contribution in [3.8, 4) is 22.7 Å². The standard InChI is InChI=1S/C26H18FN3O2S2/c27-20-10-6-17(7-11-20)16-32-22-12-8-18(9-13-22)24-19(14-23-25(31)28-26(33)34-23)15-30(29-24)21-4-2-1-3-5-21/h1-15H,16H2,(H,28,31,33). The third-order valence-corrected chi connectivity index (χ3v) is 6.30. The Bertz CT molecular complexity index is 1380. The lowest BCUT2D eigenvalue weighted by Crippen LogP contribution is -2.17. The zero-order valence-electron chi connectivity index (χ0n) is 17.8. The fourth-order valence-electron chi connectivity index (χ4n) is 3.45. The number of hydrogen-bond acceptors (Lipinski definition) is 5. The molecule has 1 aromatic heterocycles. The Labute approximate surface area is 205 Å². The summed E-state index contributed by atoms with van der Waals surface area (Å²) in [7, 11) is 0. The number of halogens is 1. The van der Waals surface area contributed by atoms with Crippen LogP contribution < -0.4 is 10.1 Å². The molecule has 1 N–H and O–H groups in total. The van der Waals surface area contributed by atoms with Crippen molar-refractivity contribution < 1.29 is 13.9 Å². The molecule has 168 valence electrons. The van der Waals surface area contributed by atoms with E-state index in [4.69, 9.17) is 22.1 Å². The van der Waals surface area contributed by atoms with Gasteiger partial charge in [-0.1, -0.05) is 54.3 Å². The molecule has 0 radical (unpaired) electrons. The molecule has 8 heteroatoms. The second-order valence-corrected chi connectivity index (χ2v) is 9.22. The third kappa shape index (κ3) is 4.93. The predicted octanol–water partition coefficient (Wildman–Crippen LogP) is 5.75. The number of thioether (sulfide) groups is 1. The minimum Gasteiger partial charge on any atom is -0.489 e. The Morgan fingerprint density at radius 3 is 2.44 bits per heavy atom. The number of nitrogens with one attached hydrogen (secondary N) is 1. The van der Waals surface area contributed by atoms with Gasteiger partial charge in [0.2, 0.25) is 0 Å². The molecule has 2 heterocycles. The smallest absolute Gasteiger partial charge is 0.263 e. The first-order valence-electron chi connectivity index (χ1n) is 10.4. The number of hydrogen-bond donors (Lipinski definition) is 1. The lowest BCUT2D eigenvalue weighted by atomic mass is 10.1. The number of ether oxygens (including phenoxy) is 1. The van der Waals surface area contributed by atoms with Gasteiger partial charge in [-0.25, -0.2) is 9.07 Å². The number of thiocarbonyl (C=S) groups is 1. The van der Waals surface area contributed by atoms with Crippen LogP contribution in [0.3, 0.4) is 0 Å². The first kappa shape index (κ1) is 22.1. The van der Waals surface area contributed by atoms with E-state index >= 15 is 0 Å². The zero-order valence-corrected chi connectivity index (χ0v) is 19.4. The Hall–Kier alpha value is -3.75. The van der Waals surface area contributed by atoms with E-state index in [0.29, 0.717) is 21.6 Å². The molecule has 5 rings (SSSR count). The maximum Gasteiger partial charge on any atom is 0.263 e. The SMILES string of the molecule is O=C1NC(=S)SC1=Cc1cn(-c2ccccc2)nc1-c1ccc(OCc2ccc(F)cc2)cc1. The Kier molecular flexibility index (Phi) is 6.24. The predicted molar refractivity (Wildman–Crippen MR) is 136 cm³/mol. The molecule has 1 aliphatic rings. The quantitative estimate of drug-likeness (QED) is 0.277. The molecule has 4 aromatic rings. The number of rotatable bonds is 6. The Balaban J connectivity index is 1.44. The van der Waals surface area contributed by atoms with E-state index in [2.05, 4.69) is 5.32 Å². The van der Waals surface area contributed by atoms with E-state index in [0.717, 1.165) is 28.1 Å². The van der Waals surface area contributed by atoms with Gasteiger partial charge < -0.3 is 10.1 Å². The van der Waals surface area contributed by atoms with Crippen LogP contribution in [0, 0.1) is 5.82 Å². The van der Waals surface area contributed by atoms with Gasteiger partial charge in [-0.3, -0.25) is 4.79 Å². The fraction of sp³-hybridized carbons (Fsp3) is 0.0385. The molecule has 3 aromatic carbocycles. The normalized spacial score (nSPS) is 14.4. The van der Waals surface area contributed by atoms with Gasteiger partial charge in [-0.05, 0) is 60.2 Å². The van der Waals surface area contributed by atoms with E-state index in [1.54, 1.807) is 22.9 Å². The van der Waals surface area contributed by atoms with E-state index in [9.17, 15) is 9.18 Å². The van der Waals surface area contributed by atoms with Gasteiger partial charge in [0.25, 0.3) is 5.91 Å². The maximum absolute atomic E-state index is 13.1. The van der Waals surface area contributed by atoms with Crippen molar-refractivity contribution in [3.05, 3.63) is 107 Å². The molecule has 0 atom stereocenters. The zero-order chi connectivity index (χ0) is 23.5. The highest BCUT2D eigenvalue weighted by Crippen LogP contribution is 2.31. The molecule has 0 spiro atoms. The van der Waals surface area contributed by atoms with E-state index in [1.165, 1.54) is 23.9 Å². The summed E-state index contributed by atoms with van der Waals surface area (Å²) >= 11 is 6.35. The molecule has 34 heavy (non-hydrogen) atoms. The van der Waals surface area contributed by atoms with Crippen molar-refractivity contribution in [2.24, 2.45) is 0 Å². The van der Waals surface area contributed by atoms with Gasteiger partial charge in [0, 0.05) is 17.3 Å². The minimum atomic E-state index is -0.274. The molecule has 0 aliphatic carbocycles. The summed E-state index contributed by atoms with van der Waals surface area (Å²) in [5, 5.41) is 7.44. The van der Waals surface area contributed by atoms with Gasteiger partial charge in [-0.15, -0.1) is 0 Å². The van der Waals surface area contributed by atoms with E-state index < -0.39 is 0 Å². The van der Waals surface area contributed by atoms with Crippen LogP contribution in [-0.2, 0) is 11.4 Å². The molecule has 0 bridgehead atoms. The van der Waals surface area contributed by atoms with Crippen LogP contribution in [0.4, 0.5) is 4.39 Å².